The Bertz CT molecular complexity index is 1220. The molecule has 0 saturated carbocycles. The van der Waals surface area contributed by atoms with Crippen molar-refractivity contribution in [1.82, 2.24) is 15.2 Å². The van der Waals surface area contributed by atoms with E-state index in [-0.39, 0.29) is 18.5 Å². The van der Waals surface area contributed by atoms with E-state index in [0.717, 1.165) is 47.0 Å². The number of aryl methyl sites for hydroxylation is 1. The van der Waals surface area contributed by atoms with Gasteiger partial charge >= 0.3 is 5.97 Å². The van der Waals surface area contributed by atoms with Gasteiger partial charge in [-0.25, -0.2) is 4.79 Å². The molecule has 0 spiro atoms. The molecule has 0 fully saturated rings. The Morgan fingerprint density at radius 2 is 1.90 bits per heavy atom. The zero-order valence-corrected chi connectivity index (χ0v) is 16.7. The molecule has 0 amide bonds. The van der Waals surface area contributed by atoms with Crippen LogP contribution >= 0.6 is 0 Å². The van der Waals surface area contributed by atoms with Crippen LogP contribution in [0.1, 0.15) is 40.9 Å². The van der Waals surface area contributed by atoms with Crippen LogP contribution in [0.15, 0.2) is 59.0 Å². The summed E-state index contributed by atoms with van der Waals surface area (Å²) in [5.74, 6) is 0.805. The van der Waals surface area contributed by atoms with Gasteiger partial charge < -0.3 is 9.15 Å². The van der Waals surface area contributed by atoms with Crippen LogP contribution in [0.4, 0.5) is 0 Å². The molecular weight excluding hydrogens is 378 g/mol. The van der Waals surface area contributed by atoms with E-state index in [4.69, 9.17) is 14.1 Å². The molecule has 5 rings (SSSR count). The molecule has 1 atom stereocenters. The van der Waals surface area contributed by atoms with Gasteiger partial charge in [0.2, 0.25) is 5.89 Å². The third-order valence-electron chi connectivity index (χ3n) is 5.52. The van der Waals surface area contributed by atoms with E-state index in [1.54, 1.807) is 0 Å². The quantitative estimate of drug-likeness (QED) is 0.460. The largest absolute Gasteiger partial charge is 0.452 e. The van der Waals surface area contributed by atoms with Crippen molar-refractivity contribution in [3.05, 3.63) is 77.3 Å². The minimum atomic E-state index is -0.376. The van der Waals surface area contributed by atoms with Crippen molar-refractivity contribution in [2.45, 2.75) is 32.8 Å². The fourth-order valence-electron chi connectivity index (χ4n) is 4.00. The van der Waals surface area contributed by atoms with E-state index >= 15 is 0 Å². The second-order valence-corrected chi connectivity index (χ2v) is 7.72. The number of aromatic nitrogens is 3. The first-order valence-electron chi connectivity index (χ1n) is 10.1. The number of carbonyl (C=O) groups excluding carboxylic acids is 1. The van der Waals surface area contributed by atoms with Crippen LogP contribution in [0.25, 0.3) is 22.4 Å². The van der Waals surface area contributed by atoms with Gasteiger partial charge in [0.1, 0.15) is 0 Å². The smallest absolute Gasteiger partial charge is 0.339 e. The molecule has 0 unspecified atom stereocenters. The van der Waals surface area contributed by atoms with Crippen molar-refractivity contribution >= 4 is 16.9 Å². The predicted octanol–water partition coefficient (Wildman–Crippen LogP) is 4.77. The molecule has 0 N–H and O–H groups in total. The van der Waals surface area contributed by atoms with Crippen molar-refractivity contribution < 1.29 is 13.9 Å². The van der Waals surface area contributed by atoms with Crippen LogP contribution in [-0.2, 0) is 24.2 Å². The Hall–Kier alpha value is -3.54. The molecule has 1 aliphatic rings. The van der Waals surface area contributed by atoms with Gasteiger partial charge in [0.25, 0.3) is 5.89 Å². The number of esters is 1. The number of para-hydroxylation sites is 1. The van der Waals surface area contributed by atoms with Gasteiger partial charge in [-0.1, -0.05) is 43.3 Å². The van der Waals surface area contributed by atoms with Crippen LogP contribution in [0.2, 0.25) is 0 Å². The molecule has 6 nitrogen and oxygen atoms in total. The summed E-state index contributed by atoms with van der Waals surface area (Å²) in [5, 5.41) is 8.89. The van der Waals surface area contributed by atoms with E-state index in [1.165, 1.54) is 0 Å². The third-order valence-corrected chi connectivity index (χ3v) is 5.52. The van der Waals surface area contributed by atoms with Crippen molar-refractivity contribution in [3.63, 3.8) is 0 Å². The van der Waals surface area contributed by atoms with Crippen LogP contribution < -0.4 is 0 Å². The minimum absolute atomic E-state index is 0.0698. The number of rotatable bonds is 4. The molecule has 2 aromatic carbocycles. The maximum atomic E-state index is 13.1. The summed E-state index contributed by atoms with van der Waals surface area (Å²) in [6, 6.07) is 17.2. The standard InChI is InChI=1S/C24H21N3O3/c1-15-11-12-20-18(13-15)22(17-9-5-6-10-19(17)25-20)24(28)29-14-21-26-27-23(30-21)16-7-3-2-4-8-16/h2-10,15H,11-14H2,1H3/t15-/m1/s1. The number of carbonyl (C=O) groups is 1. The van der Waals surface area contributed by atoms with E-state index in [9.17, 15) is 4.79 Å². The van der Waals surface area contributed by atoms with E-state index in [1.807, 2.05) is 54.6 Å². The first-order valence-corrected chi connectivity index (χ1v) is 10.1. The lowest BCUT2D eigenvalue weighted by Crippen LogP contribution is -2.19. The zero-order valence-electron chi connectivity index (χ0n) is 16.7. The second kappa shape index (κ2) is 7.71. The highest BCUT2D eigenvalue weighted by Gasteiger charge is 2.26. The lowest BCUT2D eigenvalue weighted by Gasteiger charge is -2.24. The lowest BCUT2D eigenvalue weighted by atomic mass is 9.84. The summed E-state index contributed by atoms with van der Waals surface area (Å²) >= 11 is 0. The summed E-state index contributed by atoms with van der Waals surface area (Å²) in [6.45, 7) is 2.14. The van der Waals surface area contributed by atoms with Crippen molar-refractivity contribution in [2.24, 2.45) is 5.92 Å². The number of ether oxygens (including phenoxy) is 1. The molecule has 4 aromatic rings. The molecule has 0 radical (unpaired) electrons. The number of fused-ring (bicyclic) bond motifs is 2. The minimum Gasteiger partial charge on any atom is -0.452 e. The molecule has 30 heavy (non-hydrogen) atoms. The number of pyridine rings is 1. The molecule has 6 heteroatoms. The molecular formula is C24H21N3O3. The highest BCUT2D eigenvalue weighted by Crippen LogP contribution is 2.32. The normalized spacial score (nSPS) is 15.7. The first kappa shape index (κ1) is 18.5. The first-order chi connectivity index (χ1) is 14.7. The van der Waals surface area contributed by atoms with Crippen molar-refractivity contribution in [3.8, 4) is 11.5 Å². The Morgan fingerprint density at radius 3 is 2.77 bits per heavy atom. The summed E-state index contributed by atoms with van der Waals surface area (Å²) < 4.78 is 11.3. The maximum absolute atomic E-state index is 13.1. The fraction of sp³-hybridized carbons (Fsp3) is 0.250. The van der Waals surface area contributed by atoms with Gasteiger partial charge in [-0.05, 0) is 48.9 Å². The highest BCUT2D eigenvalue weighted by molar-refractivity contribution is 6.05. The fourth-order valence-corrected chi connectivity index (χ4v) is 4.00. The summed E-state index contributed by atoms with van der Waals surface area (Å²) in [4.78, 5) is 17.9. The predicted molar refractivity (Wildman–Crippen MR) is 112 cm³/mol. The van der Waals surface area contributed by atoms with Gasteiger partial charge in [0, 0.05) is 16.6 Å². The van der Waals surface area contributed by atoms with Crippen LogP contribution in [-0.4, -0.2) is 21.2 Å². The number of hydrogen-bond acceptors (Lipinski definition) is 6. The molecule has 2 aromatic heterocycles. The highest BCUT2D eigenvalue weighted by atomic mass is 16.5. The zero-order chi connectivity index (χ0) is 20.5. The van der Waals surface area contributed by atoms with Gasteiger partial charge in [-0.3, -0.25) is 4.98 Å². The molecule has 150 valence electrons. The topological polar surface area (TPSA) is 78.1 Å². The van der Waals surface area contributed by atoms with Gasteiger partial charge in [0.05, 0.1) is 11.1 Å². The summed E-state index contributed by atoms with van der Waals surface area (Å²) in [6.07, 6.45) is 2.79. The molecule has 1 aliphatic carbocycles. The Labute approximate surface area is 173 Å². The average molecular weight is 399 g/mol. The van der Waals surface area contributed by atoms with E-state index in [0.29, 0.717) is 17.4 Å². The third kappa shape index (κ3) is 3.45. The van der Waals surface area contributed by atoms with Crippen LogP contribution in [0, 0.1) is 5.92 Å². The van der Waals surface area contributed by atoms with Gasteiger partial charge in [0.15, 0.2) is 6.61 Å². The Balaban J connectivity index is 1.43. The molecule has 2 heterocycles. The molecule has 0 saturated heterocycles. The summed E-state index contributed by atoms with van der Waals surface area (Å²) in [7, 11) is 0. The van der Waals surface area contributed by atoms with Crippen LogP contribution in [0.3, 0.4) is 0 Å². The average Bonchev–Trinajstić information content (AvgIpc) is 3.26. The van der Waals surface area contributed by atoms with Crippen molar-refractivity contribution in [2.75, 3.05) is 0 Å². The molecule has 0 bridgehead atoms. The summed E-state index contributed by atoms with van der Waals surface area (Å²) in [5.41, 5.74) is 4.27. The van der Waals surface area contributed by atoms with Crippen molar-refractivity contribution in [1.29, 1.82) is 0 Å². The monoisotopic (exact) mass is 399 g/mol. The van der Waals surface area contributed by atoms with Gasteiger partial charge in [-0.15, -0.1) is 10.2 Å². The van der Waals surface area contributed by atoms with E-state index < -0.39 is 0 Å². The molecule has 0 aliphatic heterocycles. The number of nitrogens with zero attached hydrogens (tertiary/aromatic N) is 3. The van der Waals surface area contributed by atoms with Gasteiger partial charge in [-0.2, -0.15) is 0 Å². The Kier molecular flexibility index (Phi) is 4.75. The Morgan fingerprint density at radius 1 is 1.10 bits per heavy atom. The maximum Gasteiger partial charge on any atom is 0.339 e. The lowest BCUT2D eigenvalue weighted by molar-refractivity contribution is 0.0439. The SMILES string of the molecule is C[C@@H]1CCc2nc3ccccc3c(C(=O)OCc3nnc(-c4ccccc4)o3)c2C1. The number of benzene rings is 2. The number of hydrogen-bond donors (Lipinski definition) is 0. The van der Waals surface area contributed by atoms with E-state index in [2.05, 4.69) is 17.1 Å². The van der Waals surface area contributed by atoms with Crippen LogP contribution in [0.5, 0.6) is 0 Å². The second-order valence-electron chi connectivity index (χ2n) is 7.72.